The highest BCUT2D eigenvalue weighted by atomic mass is 127. The van der Waals surface area contributed by atoms with E-state index in [1.165, 1.54) is 37.1 Å². The smallest absolute Gasteiger partial charge is 0.191 e. The second-order valence-electron chi connectivity index (χ2n) is 7.32. The fourth-order valence-electron chi connectivity index (χ4n) is 3.29. The van der Waals surface area contributed by atoms with E-state index in [4.69, 9.17) is 0 Å². The molecule has 5 heteroatoms. The number of halogens is 1. The summed E-state index contributed by atoms with van der Waals surface area (Å²) < 4.78 is 0. The van der Waals surface area contributed by atoms with Crippen LogP contribution in [-0.2, 0) is 0 Å². The Morgan fingerprint density at radius 1 is 1.24 bits per heavy atom. The first-order valence-corrected chi connectivity index (χ1v) is 9.27. The average molecular weight is 458 g/mol. The number of nitrogens with zero attached hydrogens (tertiary/aromatic N) is 2. The van der Waals surface area contributed by atoms with Crippen LogP contribution < -0.4 is 10.6 Å². The van der Waals surface area contributed by atoms with Gasteiger partial charge in [-0.15, -0.1) is 24.0 Å². The Bertz CT molecular complexity index is 536. The highest BCUT2D eigenvalue weighted by molar-refractivity contribution is 14.0. The molecule has 1 unspecified atom stereocenters. The molecule has 0 aliphatic carbocycles. The Kier molecular flexibility index (Phi) is 9.79. The number of aryl methyl sites for hydroxylation is 1. The zero-order valence-electron chi connectivity index (χ0n) is 16.4. The molecule has 0 bridgehead atoms. The predicted molar refractivity (Wildman–Crippen MR) is 119 cm³/mol. The number of nitrogens with one attached hydrogen (secondary N) is 2. The number of hydrogen-bond donors (Lipinski definition) is 2. The molecule has 0 amide bonds. The van der Waals surface area contributed by atoms with Crippen molar-refractivity contribution in [2.24, 2.45) is 4.99 Å². The van der Waals surface area contributed by atoms with Crippen LogP contribution in [0, 0.1) is 6.92 Å². The van der Waals surface area contributed by atoms with E-state index in [0.717, 1.165) is 12.5 Å². The van der Waals surface area contributed by atoms with Crippen LogP contribution in [0.25, 0.3) is 0 Å². The summed E-state index contributed by atoms with van der Waals surface area (Å²) in [6.45, 7) is 12.2. The van der Waals surface area contributed by atoms with E-state index in [-0.39, 0.29) is 24.0 Å². The summed E-state index contributed by atoms with van der Waals surface area (Å²) in [4.78, 5) is 6.95. The summed E-state index contributed by atoms with van der Waals surface area (Å²) in [6, 6.07) is 9.94. The lowest BCUT2D eigenvalue weighted by Crippen LogP contribution is -2.50. The molecule has 4 nitrogen and oxygen atoms in total. The van der Waals surface area contributed by atoms with E-state index in [1.54, 1.807) is 0 Å². The third kappa shape index (κ3) is 7.13. The monoisotopic (exact) mass is 458 g/mol. The van der Waals surface area contributed by atoms with Gasteiger partial charge in [-0.05, 0) is 45.1 Å². The summed E-state index contributed by atoms with van der Waals surface area (Å²) >= 11 is 0. The Balaban J connectivity index is 0.00000312. The minimum absolute atomic E-state index is 0. The lowest BCUT2D eigenvalue weighted by atomic mass is 9.99. The quantitative estimate of drug-likeness (QED) is 0.401. The molecule has 1 aromatic carbocycles. The van der Waals surface area contributed by atoms with E-state index < -0.39 is 0 Å². The van der Waals surface area contributed by atoms with E-state index in [1.807, 2.05) is 7.05 Å². The van der Waals surface area contributed by atoms with Crippen LogP contribution in [-0.4, -0.2) is 49.6 Å². The van der Waals surface area contributed by atoms with Crippen molar-refractivity contribution in [2.45, 2.75) is 58.5 Å². The van der Waals surface area contributed by atoms with E-state index in [0.29, 0.717) is 18.0 Å². The van der Waals surface area contributed by atoms with Gasteiger partial charge in [0.1, 0.15) is 0 Å². The summed E-state index contributed by atoms with van der Waals surface area (Å²) in [5.74, 6) is 1.39. The Morgan fingerprint density at radius 3 is 2.48 bits per heavy atom. The maximum absolute atomic E-state index is 4.40. The van der Waals surface area contributed by atoms with E-state index in [9.17, 15) is 0 Å². The number of hydrogen-bond acceptors (Lipinski definition) is 2. The molecule has 142 valence electrons. The Hall–Kier alpha value is -0.820. The number of guanidine groups is 1. The first-order chi connectivity index (χ1) is 11.5. The molecular formula is C20H35IN4. The van der Waals surface area contributed by atoms with Crippen LogP contribution >= 0.6 is 24.0 Å². The van der Waals surface area contributed by atoms with Crippen molar-refractivity contribution in [3.63, 3.8) is 0 Å². The van der Waals surface area contributed by atoms with Crippen molar-refractivity contribution < 1.29 is 0 Å². The van der Waals surface area contributed by atoms with Gasteiger partial charge in [0.15, 0.2) is 5.96 Å². The molecule has 2 N–H and O–H groups in total. The predicted octanol–water partition coefficient (Wildman–Crippen LogP) is 3.75. The molecule has 0 aromatic heterocycles. The zero-order chi connectivity index (χ0) is 17.5. The largest absolute Gasteiger partial charge is 0.356 e. The van der Waals surface area contributed by atoms with Crippen molar-refractivity contribution in [3.8, 4) is 0 Å². The van der Waals surface area contributed by atoms with Gasteiger partial charge in [0, 0.05) is 38.8 Å². The Labute approximate surface area is 170 Å². The van der Waals surface area contributed by atoms with Crippen LogP contribution in [0.15, 0.2) is 29.3 Å². The minimum atomic E-state index is 0. The molecule has 0 saturated carbocycles. The van der Waals surface area contributed by atoms with Crippen LogP contribution in [0.4, 0.5) is 0 Å². The fourth-order valence-corrected chi connectivity index (χ4v) is 3.29. The van der Waals surface area contributed by atoms with Gasteiger partial charge in [-0.3, -0.25) is 4.99 Å². The first kappa shape index (κ1) is 22.2. The van der Waals surface area contributed by atoms with Crippen LogP contribution in [0.3, 0.4) is 0 Å². The number of aliphatic imine (C=N–C) groups is 1. The normalized spacial score (nSPS) is 17.9. The van der Waals surface area contributed by atoms with Crippen LogP contribution in [0.1, 0.15) is 50.7 Å². The van der Waals surface area contributed by atoms with Gasteiger partial charge in [0.25, 0.3) is 0 Å². The van der Waals surface area contributed by atoms with Crippen molar-refractivity contribution >= 4 is 29.9 Å². The number of piperidine rings is 1. The minimum Gasteiger partial charge on any atom is -0.356 e. The third-order valence-corrected chi connectivity index (χ3v) is 5.01. The van der Waals surface area contributed by atoms with Crippen molar-refractivity contribution in [1.82, 2.24) is 15.5 Å². The summed E-state index contributed by atoms with van der Waals surface area (Å²) in [6.07, 6.45) is 2.37. The first-order valence-electron chi connectivity index (χ1n) is 9.27. The lowest BCUT2D eigenvalue weighted by Gasteiger charge is -2.35. The molecule has 0 radical (unpaired) electrons. The van der Waals surface area contributed by atoms with Crippen LogP contribution in [0.5, 0.6) is 0 Å². The van der Waals surface area contributed by atoms with Gasteiger partial charge >= 0.3 is 0 Å². The van der Waals surface area contributed by atoms with Crippen LogP contribution in [0.2, 0.25) is 0 Å². The second-order valence-corrected chi connectivity index (χ2v) is 7.32. The molecule has 1 saturated heterocycles. The maximum Gasteiger partial charge on any atom is 0.191 e. The fraction of sp³-hybridized carbons (Fsp3) is 0.650. The van der Waals surface area contributed by atoms with Crippen molar-refractivity contribution in [2.75, 3.05) is 26.7 Å². The summed E-state index contributed by atoms with van der Waals surface area (Å²) in [5, 5.41) is 7.09. The van der Waals surface area contributed by atoms with Gasteiger partial charge in [-0.1, -0.05) is 36.8 Å². The second kappa shape index (κ2) is 11.0. The van der Waals surface area contributed by atoms with E-state index >= 15 is 0 Å². The maximum atomic E-state index is 4.40. The molecule has 1 atom stereocenters. The summed E-state index contributed by atoms with van der Waals surface area (Å²) in [5.41, 5.74) is 2.70. The Morgan fingerprint density at radius 2 is 1.92 bits per heavy atom. The number of likely N-dealkylation sites (tertiary alicyclic amines) is 1. The standard InChI is InChI=1S/C20H34N4.HI/c1-15(2)24-11-9-19(10-12-24)23-20(21-5)22-14-17(4)18-8-6-7-16(3)13-18;/h6-8,13,15,17,19H,9-12,14H2,1-5H3,(H2,21,22,23);1H. The molecule has 1 fully saturated rings. The number of rotatable bonds is 5. The highest BCUT2D eigenvalue weighted by Gasteiger charge is 2.21. The summed E-state index contributed by atoms with van der Waals surface area (Å²) in [7, 11) is 1.86. The molecule has 1 aromatic rings. The molecule has 2 rings (SSSR count). The molecule has 1 heterocycles. The highest BCUT2D eigenvalue weighted by Crippen LogP contribution is 2.16. The lowest BCUT2D eigenvalue weighted by molar-refractivity contribution is 0.167. The molecule has 1 aliphatic rings. The van der Waals surface area contributed by atoms with Gasteiger partial charge in [0.05, 0.1) is 0 Å². The van der Waals surface area contributed by atoms with Gasteiger partial charge < -0.3 is 15.5 Å². The molecule has 0 spiro atoms. The molecule has 25 heavy (non-hydrogen) atoms. The zero-order valence-corrected chi connectivity index (χ0v) is 18.7. The SMILES string of the molecule is CN=C(NCC(C)c1cccc(C)c1)NC1CCN(C(C)C)CC1.I. The van der Waals surface area contributed by atoms with Gasteiger partial charge in [-0.2, -0.15) is 0 Å². The average Bonchev–Trinajstić information content (AvgIpc) is 2.58. The van der Waals surface area contributed by atoms with Crippen molar-refractivity contribution in [1.29, 1.82) is 0 Å². The van der Waals surface area contributed by atoms with Gasteiger partial charge in [-0.25, -0.2) is 0 Å². The molecular weight excluding hydrogens is 423 g/mol. The van der Waals surface area contributed by atoms with Crippen molar-refractivity contribution in [3.05, 3.63) is 35.4 Å². The molecule has 1 aliphatic heterocycles. The third-order valence-electron chi connectivity index (χ3n) is 5.01. The topological polar surface area (TPSA) is 39.7 Å². The van der Waals surface area contributed by atoms with Gasteiger partial charge in [0.2, 0.25) is 0 Å². The number of benzene rings is 1. The van der Waals surface area contributed by atoms with E-state index in [2.05, 4.69) is 72.5 Å².